The number of carboxylic acids is 1. The van der Waals surface area contributed by atoms with E-state index < -0.39 is 11.9 Å². The van der Waals surface area contributed by atoms with Crippen molar-refractivity contribution >= 4 is 11.9 Å². The van der Waals surface area contributed by atoms with E-state index in [0.717, 1.165) is 5.56 Å². The largest absolute Gasteiger partial charge is 0.481 e. The van der Waals surface area contributed by atoms with E-state index in [0.29, 0.717) is 0 Å². The number of aromatic carboxylic acids is 1. The van der Waals surface area contributed by atoms with E-state index in [4.69, 9.17) is 14.6 Å². The van der Waals surface area contributed by atoms with E-state index in [2.05, 4.69) is 0 Å². The summed E-state index contributed by atoms with van der Waals surface area (Å²) in [6.07, 6.45) is -0.224. The van der Waals surface area contributed by atoms with Crippen molar-refractivity contribution in [1.82, 2.24) is 0 Å². The van der Waals surface area contributed by atoms with Crippen molar-refractivity contribution in [2.75, 3.05) is 6.61 Å². The molecule has 0 saturated heterocycles. The standard InChI is InChI=1S/C13H16O5/c1-8(2)18-12(14)7-17-11-5-4-9(3)6-10(11)13(15)16/h4-6,8H,7H2,1-3H3,(H,15,16). The van der Waals surface area contributed by atoms with Gasteiger partial charge in [-0.2, -0.15) is 0 Å². The van der Waals surface area contributed by atoms with Crippen LogP contribution in [-0.2, 0) is 9.53 Å². The lowest BCUT2D eigenvalue weighted by Gasteiger charge is -2.11. The summed E-state index contributed by atoms with van der Waals surface area (Å²) < 4.78 is 10.0. The first kappa shape index (κ1) is 14.0. The van der Waals surface area contributed by atoms with E-state index in [1.807, 2.05) is 0 Å². The average Bonchev–Trinajstić information content (AvgIpc) is 2.26. The number of rotatable bonds is 5. The van der Waals surface area contributed by atoms with Gasteiger partial charge in [-0.3, -0.25) is 0 Å². The van der Waals surface area contributed by atoms with Crippen LogP contribution in [0.3, 0.4) is 0 Å². The Hall–Kier alpha value is -2.04. The highest BCUT2D eigenvalue weighted by atomic mass is 16.6. The number of carbonyl (C=O) groups is 2. The van der Waals surface area contributed by atoms with Crippen LogP contribution in [0.1, 0.15) is 29.8 Å². The molecule has 0 radical (unpaired) electrons. The number of aryl methyl sites for hydroxylation is 1. The van der Waals surface area contributed by atoms with Gasteiger partial charge >= 0.3 is 11.9 Å². The van der Waals surface area contributed by atoms with Crippen LogP contribution in [0.2, 0.25) is 0 Å². The molecule has 5 nitrogen and oxygen atoms in total. The van der Waals surface area contributed by atoms with Gasteiger partial charge in [0.1, 0.15) is 11.3 Å². The van der Waals surface area contributed by atoms with Crippen molar-refractivity contribution in [2.24, 2.45) is 0 Å². The second-order valence-corrected chi connectivity index (χ2v) is 4.13. The minimum Gasteiger partial charge on any atom is -0.481 e. The SMILES string of the molecule is Cc1ccc(OCC(=O)OC(C)C)c(C(=O)O)c1. The molecule has 0 aliphatic rings. The van der Waals surface area contributed by atoms with E-state index in [9.17, 15) is 9.59 Å². The number of carboxylic acid groups (broad SMARTS) is 1. The Labute approximate surface area is 105 Å². The zero-order chi connectivity index (χ0) is 13.7. The predicted octanol–water partition coefficient (Wildman–Crippen LogP) is 2.02. The summed E-state index contributed by atoms with van der Waals surface area (Å²) in [6, 6.07) is 4.74. The van der Waals surface area contributed by atoms with Crippen LogP contribution in [-0.4, -0.2) is 29.8 Å². The van der Waals surface area contributed by atoms with Gasteiger partial charge in [0.15, 0.2) is 6.61 Å². The van der Waals surface area contributed by atoms with Crippen LogP contribution in [0.15, 0.2) is 18.2 Å². The monoisotopic (exact) mass is 252 g/mol. The molecule has 1 aromatic carbocycles. The summed E-state index contributed by atoms with van der Waals surface area (Å²) in [5.41, 5.74) is 0.844. The van der Waals surface area contributed by atoms with Crippen LogP contribution in [0.25, 0.3) is 0 Å². The van der Waals surface area contributed by atoms with Gasteiger partial charge in [0.25, 0.3) is 0 Å². The molecular weight excluding hydrogens is 236 g/mol. The molecule has 0 aromatic heterocycles. The van der Waals surface area contributed by atoms with Crippen molar-refractivity contribution < 1.29 is 24.2 Å². The predicted molar refractivity (Wildman–Crippen MR) is 64.9 cm³/mol. The number of carbonyl (C=O) groups excluding carboxylic acids is 1. The fourth-order valence-electron chi connectivity index (χ4n) is 1.37. The summed E-state index contributed by atoms with van der Waals surface area (Å²) in [5, 5.41) is 9.00. The molecule has 0 aliphatic carbocycles. The van der Waals surface area contributed by atoms with Gasteiger partial charge in [-0.05, 0) is 32.9 Å². The summed E-state index contributed by atoms with van der Waals surface area (Å²) in [4.78, 5) is 22.3. The molecule has 5 heteroatoms. The van der Waals surface area contributed by atoms with Crippen LogP contribution >= 0.6 is 0 Å². The van der Waals surface area contributed by atoms with Gasteiger partial charge in [-0.25, -0.2) is 9.59 Å². The Morgan fingerprint density at radius 2 is 2.00 bits per heavy atom. The topological polar surface area (TPSA) is 72.8 Å². The quantitative estimate of drug-likeness (QED) is 0.811. The Balaban J connectivity index is 2.73. The molecule has 0 amide bonds. The van der Waals surface area contributed by atoms with E-state index in [1.165, 1.54) is 12.1 Å². The molecule has 0 atom stereocenters. The molecule has 0 saturated carbocycles. The third-order valence-electron chi connectivity index (χ3n) is 2.08. The summed E-state index contributed by atoms with van der Waals surface area (Å²) in [6.45, 7) is 4.93. The minimum absolute atomic E-state index is 0.0346. The maximum atomic E-state index is 11.3. The number of benzene rings is 1. The maximum absolute atomic E-state index is 11.3. The van der Waals surface area contributed by atoms with Crippen molar-refractivity contribution in [3.63, 3.8) is 0 Å². The number of hydrogen-bond acceptors (Lipinski definition) is 4. The van der Waals surface area contributed by atoms with Crippen LogP contribution in [0, 0.1) is 6.92 Å². The summed E-state index contributed by atoms with van der Waals surface area (Å²) in [5.74, 6) is -1.46. The smallest absolute Gasteiger partial charge is 0.344 e. The Morgan fingerprint density at radius 1 is 1.33 bits per heavy atom. The third-order valence-corrected chi connectivity index (χ3v) is 2.08. The molecule has 98 valence electrons. The Bertz CT molecular complexity index is 451. The molecule has 0 aliphatic heterocycles. The molecule has 0 heterocycles. The average molecular weight is 252 g/mol. The maximum Gasteiger partial charge on any atom is 0.344 e. The van der Waals surface area contributed by atoms with Gasteiger partial charge < -0.3 is 14.6 Å². The highest BCUT2D eigenvalue weighted by molar-refractivity contribution is 5.91. The zero-order valence-corrected chi connectivity index (χ0v) is 10.6. The Morgan fingerprint density at radius 3 is 2.56 bits per heavy atom. The van der Waals surface area contributed by atoms with Crippen molar-refractivity contribution in [3.05, 3.63) is 29.3 Å². The molecule has 18 heavy (non-hydrogen) atoms. The highest BCUT2D eigenvalue weighted by Gasteiger charge is 2.13. The normalized spacial score (nSPS) is 10.2. The Kier molecular flexibility index (Phi) is 4.71. The summed E-state index contributed by atoms with van der Waals surface area (Å²) >= 11 is 0. The fraction of sp³-hybridized carbons (Fsp3) is 0.385. The molecular formula is C13H16O5. The molecule has 0 bridgehead atoms. The molecule has 1 rings (SSSR count). The van der Waals surface area contributed by atoms with Gasteiger partial charge in [0, 0.05) is 0 Å². The second kappa shape index (κ2) is 6.05. The minimum atomic E-state index is -1.09. The lowest BCUT2D eigenvalue weighted by molar-refractivity contribution is -0.149. The first-order valence-electron chi connectivity index (χ1n) is 5.56. The molecule has 0 fully saturated rings. The molecule has 1 N–H and O–H groups in total. The van der Waals surface area contributed by atoms with Crippen molar-refractivity contribution in [2.45, 2.75) is 26.9 Å². The van der Waals surface area contributed by atoms with Gasteiger partial charge in [-0.1, -0.05) is 11.6 Å². The van der Waals surface area contributed by atoms with Crippen molar-refractivity contribution in [1.29, 1.82) is 0 Å². The van der Waals surface area contributed by atoms with Gasteiger partial charge in [0.05, 0.1) is 6.10 Å². The second-order valence-electron chi connectivity index (χ2n) is 4.13. The first-order valence-corrected chi connectivity index (χ1v) is 5.56. The molecule has 1 aromatic rings. The lowest BCUT2D eigenvalue weighted by Crippen LogP contribution is -2.19. The van der Waals surface area contributed by atoms with Crippen LogP contribution < -0.4 is 4.74 Å². The third kappa shape index (κ3) is 4.08. The highest BCUT2D eigenvalue weighted by Crippen LogP contribution is 2.20. The van der Waals surface area contributed by atoms with E-state index in [1.54, 1.807) is 26.8 Å². The lowest BCUT2D eigenvalue weighted by atomic mass is 10.1. The van der Waals surface area contributed by atoms with E-state index in [-0.39, 0.29) is 24.0 Å². The molecule has 0 spiro atoms. The van der Waals surface area contributed by atoms with Crippen LogP contribution in [0.4, 0.5) is 0 Å². The fourth-order valence-corrected chi connectivity index (χ4v) is 1.37. The van der Waals surface area contributed by atoms with E-state index >= 15 is 0 Å². The van der Waals surface area contributed by atoms with Gasteiger partial charge in [-0.15, -0.1) is 0 Å². The number of hydrogen-bond donors (Lipinski definition) is 1. The van der Waals surface area contributed by atoms with Gasteiger partial charge in [0.2, 0.25) is 0 Å². The zero-order valence-electron chi connectivity index (χ0n) is 10.6. The summed E-state index contributed by atoms with van der Waals surface area (Å²) in [7, 11) is 0. The van der Waals surface area contributed by atoms with Crippen molar-refractivity contribution in [3.8, 4) is 5.75 Å². The first-order chi connectivity index (χ1) is 8.40. The number of ether oxygens (including phenoxy) is 2. The molecule has 0 unspecified atom stereocenters. The van der Waals surface area contributed by atoms with Crippen LogP contribution in [0.5, 0.6) is 5.75 Å². The number of esters is 1.